The van der Waals surface area contributed by atoms with E-state index in [9.17, 15) is 0 Å². The minimum atomic E-state index is 0.735. The Bertz CT molecular complexity index is 250. The molecule has 1 aromatic rings. The maximum absolute atomic E-state index is 5.79. The van der Waals surface area contributed by atoms with Crippen molar-refractivity contribution >= 4 is 26.0 Å². The number of benzene rings is 1. The van der Waals surface area contributed by atoms with Crippen LogP contribution in [0, 0.1) is 6.92 Å². The van der Waals surface area contributed by atoms with Crippen molar-refractivity contribution in [2.75, 3.05) is 11.8 Å². The smallest absolute Gasteiger partial charge is 0.0410 e. The fourth-order valence-corrected chi connectivity index (χ4v) is 1.68. The molecular formula is C8H11ClNP. The van der Waals surface area contributed by atoms with E-state index in [1.54, 1.807) is 0 Å². The van der Waals surface area contributed by atoms with Gasteiger partial charge in [0.05, 0.1) is 0 Å². The number of rotatable bonds is 2. The van der Waals surface area contributed by atoms with Gasteiger partial charge in [0.1, 0.15) is 0 Å². The Balaban J connectivity index is 2.90. The number of hydrogen-bond donors (Lipinski definition) is 1. The maximum atomic E-state index is 5.79. The topological polar surface area (TPSA) is 12.0 Å². The van der Waals surface area contributed by atoms with Crippen molar-refractivity contribution in [3.63, 3.8) is 0 Å². The fourth-order valence-electron chi connectivity index (χ4n) is 0.902. The van der Waals surface area contributed by atoms with E-state index in [0.29, 0.717) is 0 Å². The number of anilines is 1. The van der Waals surface area contributed by atoms with Gasteiger partial charge in [0.25, 0.3) is 0 Å². The maximum Gasteiger partial charge on any atom is 0.0410 e. The molecule has 1 aromatic carbocycles. The molecule has 0 bridgehead atoms. The zero-order valence-electron chi connectivity index (χ0n) is 6.61. The van der Waals surface area contributed by atoms with Gasteiger partial charge in [-0.25, -0.2) is 0 Å². The molecule has 0 aliphatic carbocycles. The third-order valence-electron chi connectivity index (χ3n) is 1.45. The second kappa shape index (κ2) is 3.94. The molecule has 0 spiro atoms. The summed E-state index contributed by atoms with van der Waals surface area (Å²) in [6.45, 7) is 4.16. The average Bonchev–Trinajstić information content (AvgIpc) is 1.95. The van der Waals surface area contributed by atoms with Crippen LogP contribution in [0.3, 0.4) is 0 Å². The molecule has 1 N–H and O–H groups in total. The first kappa shape index (κ1) is 8.83. The second-order valence-corrected chi connectivity index (χ2v) is 3.52. The highest BCUT2D eigenvalue weighted by atomic mass is 35.5. The van der Waals surface area contributed by atoms with Crippen molar-refractivity contribution in [1.82, 2.24) is 0 Å². The van der Waals surface area contributed by atoms with Crippen LogP contribution in [0.1, 0.15) is 5.56 Å². The summed E-state index contributed by atoms with van der Waals surface area (Å²) in [5.74, 6) is 0. The van der Waals surface area contributed by atoms with E-state index in [2.05, 4.69) is 11.8 Å². The summed E-state index contributed by atoms with van der Waals surface area (Å²) in [6.07, 6.45) is 0. The zero-order chi connectivity index (χ0) is 8.27. The van der Waals surface area contributed by atoms with Crippen LogP contribution >= 0.6 is 20.3 Å². The first-order valence-corrected chi connectivity index (χ1v) is 5.30. The molecule has 0 aromatic heterocycles. The molecule has 0 fully saturated rings. The highest BCUT2D eigenvalue weighted by Gasteiger charge is 1.95. The predicted octanol–water partition coefficient (Wildman–Crippen LogP) is 3.28. The lowest BCUT2D eigenvalue weighted by Gasteiger charge is -2.06. The van der Waals surface area contributed by atoms with Gasteiger partial charge < -0.3 is 5.09 Å². The van der Waals surface area contributed by atoms with E-state index >= 15 is 0 Å². The third kappa shape index (κ3) is 2.36. The molecular weight excluding hydrogens is 177 g/mol. The molecule has 1 nitrogen and oxygen atoms in total. The highest BCUT2D eigenvalue weighted by Crippen LogP contribution is 2.22. The van der Waals surface area contributed by atoms with Crippen LogP contribution in [-0.4, -0.2) is 6.66 Å². The Labute approximate surface area is 74.0 Å². The van der Waals surface area contributed by atoms with Crippen molar-refractivity contribution < 1.29 is 0 Å². The van der Waals surface area contributed by atoms with Crippen molar-refractivity contribution in [2.24, 2.45) is 0 Å². The van der Waals surface area contributed by atoms with Crippen LogP contribution in [0.25, 0.3) is 0 Å². The van der Waals surface area contributed by atoms with Crippen LogP contribution in [0.2, 0.25) is 5.02 Å². The molecule has 11 heavy (non-hydrogen) atoms. The molecule has 1 rings (SSSR count). The van der Waals surface area contributed by atoms with E-state index in [1.807, 2.05) is 25.1 Å². The standard InChI is InChI=1S/C8H11ClNP/c1-6-5-7(9)3-4-8(6)10-11-2/h3-5,10-11H,1-2H3. The Morgan fingerprint density at radius 1 is 1.45 bits per heavy atom. The quantitative estimate of drug-likeness (QED) is 0.701. The summed E-state index contributed by atoms with van der Waals surface area (Å²) < 4.78 is 0. The molecule has 60 valence electrons. The summed E-state index contributed by atoms with van der Waals surface area (Å²) >= 11 is 5.79. The molecule has 0 saturated carbocycles. The van der Waals surface area contributed by atoms with Gasteiger partial charge in [-0.15, -0.1) is 0 Å². The Morgan fingerprint density at radius 2 is 2.18 bits per heavy atom. The molecule has 1 unspecified atom stereocenters. The second-order valence-electron chi connectivity index (χ2n) is 2.33. The lowest BCUT2D eigenvalue weighted by molar-refractivity contribution is 1.47. The van der Waals surface area contributed by atoms with Gasteiger partial charge in [-0.2, -0.15) is 0 Å². The van der Waals surface area contributed by atoms with Gasteiger partial charge in [0.2, 0.25) is 0 Å². The monoisotopic (exact) mass is 187 g/mol. The van der Waals surface area contributed by atoms with Crippen LogP contribution < -0.4 is 5.09 Å². The summed E-state index contributed by atoms with van der Waals surface area (Å²) in [4.78, 5) is 0. The predicted molar refractivity (Wildman–Crippen MR) is 54.1 cm³/mol. The molecule has 0 saturated heterocycles. The minimum Gasteiger partial charge on any atom is -0.367 e. The lowest BCUT2D eigenvalue weighted by atomic mass is 10.2. The Morgan fingerprint density at radius 3 is 2.73 bits per heavy atom. The minimum absolute atomic E-state index is 0.735. The van der Waals surface area contributed by atoms with E-state index in [0.717, 1.165) is 13.8 Å². The summed E-state index contributed by atoms with van der Waals surface area (Å²) in [6, 6.07) is 5.87. The average molecular weight is 188 g/mol. The van der Waals surface area contributed by atoms with Gasteiger partial charge >= 0.3 is 0 Å². The van der Waals surface area contributed by atoms with Gasteiger partial charge in [-0.3, -0.25) is 0 Å². The van der Waals surface area contributed by atoms with Gasteiger partial charge in [-0.05, 0) is 46.1 Å². The van der Waals surface area contributed by atoms with Crippen molar-refractivity contribution in [3.8, 4) is 0 Å². The van der Waals surface area contributed by atoms with Crippen molar-refractivity contribution in [1.29, 1.82) is 0 Å². The normalized spacial score (nSPS) is 10.8. The molecule has 0 aliphatic rings. The SMILES string of the molecule is CPNc1ccc(Cl)cc1C. The summed E-state index contributed by atoms with van der Waals surface area (Å²) in [5, 5.41) is 4.07. The number of hydrogen-bond acceptors (Lipinski definition) is 1. The first-order chi connectivity index (χ1) is 5.24. The molecule has 0 amide bonds. The van der Waals surface area contributed by atoms with Crippen LogP contribution in [-0.2, 0) is 0 Å². The van der Waals surface area contributed by atoms with E-state index < -0.39 is 0 Å². The van der Waals surface area contributed by atoms with Gasteiger partial charge in [0, 0.05) is 10.7 Å². The van der Waals surface area contributed by atoms with E-state index in [-0.39, 0.29) is 0 Å². The molecule has 0 radical (unpaired) electrons. The van der Waals surface area contributed by atoms with Crippen molar-refractivity contribution in [3.05, 3.63) is 28.8 Å². The Kier molecular flexibility index (Phi) is 3.16. The summed E-state index contributed by atoms with van der Waals surface area (Å²) in [7, 11) is 0.735. The third-order valence-corrected chi connectivity index (χ3v) is 2.20. The molecule has 1 atom stereocenters. The molecule has 0 aliphatic heterocycles. The Hall–Kier alpha value is -0.260. The van der Waals surface area contributed by atoms with Crippen LogP contribution in [0.5, 0.6) is 0 Å². The van der Waals surface area contributed by atoms with Crippen LogP contribution in [0.15, 0.2) is 18.2 Å². The largest absolute Gasteiger partial charge is 0.367 e. The molecule has 0 heterocycles. The number of aryl methyl sites for hydroxylation is 1. The number of halogens is 1. The van der Waals surface area contributed by atoms with E-state index in [4.69, 9.17) is 11.6 Å². The number of nitrogens with one attached hydrogen (secondary N) is 1. The summed E-state index contributed by atoms with van der Waals surface area (Å²) in [5.41, 5.74) is 2.38. The lowest BCUT2D eigenvalue weighted by Crippen LogP contribution is -1.85. The van der Waals surface area contributed by atoms with Crippen molar-refractivity contribution in [2.45, 2.75) is 6.92 Å². The zero-order valence-corrected chi connectivity index (χ0v) is 8.37. The highest BCUT2D eigenvalue weighted by molar-refractivity contribution is 7.38. The van der Waals surface area contributed by atoms with Gasteiger partial charge in [-0.1, -0.05) is 11.6 Å². The first-order valence-electron chi connectivity index (χ1n) is 3.43. The fraction of sp³-hybridized carbons (Fsp3) is 0.250. The van der Waals surface area contributed by atoms with E-state index in [1.165, 1.54) is 11.3 Å². The molecule has 3 heteroatoms. The van der Waals surface area contributed by atoms with Crippen LogP contribution in [0.4, 0.5) is 5.69 Å². The van der Waals surface area contributed by atoms with Gasteiger partial charge in [0.15, 0.2) is 0 Å².